The zero-order valence-corrected chi connectivity index (χ0v) is 20.4. The molecule has 2 aromatic rings. The normalized spacial score (nSPS) is 10.7. The fraction of sp³-hybridized carbons (Fsp3) is 0.368. The number of rotatable bonds is 9. The topological polar surface area (TPSA) is 74.3 Å². The summed E-state index contributed by atoms with van der Waals surface area (Å²) in [7, 11) is 5.83. The number of hydrogen-bond acceptors (Lipinski definition) is 8. The Morgan fingerprint density at radius 3 is 2.34 bits per heavy atom. The van der Waals surface area contributed by atoms with Gasteiger partial charge in [-0.2, -0.15) is 0 Å². The molecular weight excluding hydrogens is 530 g/mol. The van der Waals surface area contributed by atoms with Crippen LogP contribution >= 0.6 is 43.2 Å². The average Bonchev–Trinajstić information content (AvgIpc) is 3.01. The van der Waals surface area contributed by atoms with Crippen LogP contribution in [0.2, 0.25) is 0 Å². The molecule has 0 aliphatic heterocycles. The second-order valence-electron chi connectivity index (χ2n) is 5.89. The third kappa shape index (κ3) is 5.94. The molecule has 29 heavy (non-hydrogen) atoms. The number of nitrogens with zero attached hydrogens (tertiary/aromatic N) is 1. The smallest absolute Gasteiger partial charge is 0.348 e. The number of ether oxygens (including phenoxy) is 4. The third-order valence-electron chi connectivity index (χ3n) is 4.12. The van der Waals surface area contributed by atoms with Crippen LogP contribution in [-0.2, 0) is 27.4 Å². The maximum atomic E-state index is 12.2. The molecule has 0 bridgehead atoms. The summed E-state index contributed by atoms with van der Waals surface area (Å²) in [4.78, 5) is 26.5. The summed E-state index contributed by atoms with van der Waals surface area (Å²) >= 11 is 8.23. The Bertz CT molecular complexity index is 886. The van der Waals surface area contributed by atoms with Gasteiger partial charge in [0.15, 0.2) is 0 Å². The molecule has 1 heterocycles. The van der Waals surface area contributed by atoms with Crippen molar-refractivity contribution < 1.29 is 28.5 Å². The van der Waals surface area contributed by atoms with Gasteiger partial charge in [-0.3, -0.25) is 9.69 Å². The van der Waals surface area contributed by atoms with Crippen molar-refractivity contribution in [1.29, 1.82) is 0 Å². The van der Waals surface area contributed by atoms with Crippen molar-refractivity contribution in [2.45, 2.75) is 13.1 Å². The average molecular weight is 551 g/mol. The molecule has 0 aliphatic carbocycles. The van der Waals surface area contributed by atoms with Gasteiger partial charge in [0.1, 0.15) is 16.4 Å². The van der Waals surface area contributed by atoms with Crippen LogP contribution in [0.15, 0.2) is 26.5 Å². The van der Waals surface area contributed by atoms with Crippen LogP contribution in [0.1, 0.15) is 20.8 Å². The molecule has 0 fully saturated rings. The van der Waals surface area contributed by atoms with Crippen molar-refractivity contribution in [1.82, 2.24) is 4.90 Å². The van der Waals surface area contributed by atoms with Crippen molar-refractivity contribution in [3.05, 3.63) is 42.5 Å². The van der Waals surface area contributed by atoms with Gasteiger partial charge in [-0.25, -0.2) is 4.79 Å². The first-order valence-electron chi connectivity index (χ1n) is 8.39. The highest BCUT2D eigenvalue weighted by Crippen LogP contribution is 2.39. The molecule has 0 saturated carbocycles. The van der Waals surface area contributed by atoms with Crippen LogP contribution in [0, 0.1) is 0 Å². The Kier molecular flexibility index (Phi) is 8.94. The lowest BCUT2D eigenvalue weighted by molar-refractivity contribution is -0.142. The minimum atomic E-state index is -0.434. The molecule has 0 amide bonds. The van der Waals surface area contributed by atoms with E-state index < -0.39 is 5.97 Å². The monoisotopic (exact) mass is 549 g/mol. The maximum absolute atomic E-state index is 12.2. The summed E-state index contributed by atoms with van der Waals surface area (Å²) in [6, 6.07) is 5.48. The van der Waals surface area contributed by atoms with E-state index in [9.17, 15) is 9.59 Å². The molecule has 0 unspecified atom stereocenters. The summed E-state index contributed by atoms with van der Waals surface area (Å²) in [5, 5.41) is 0. The maximum Gasteiger partial charge on any atom is 0.348 e. The predicted octanol–water partition coefficient (Wildman–Crippen LogP) is 4.25. The standard InChI is InChI=1S/C19H21Br2NO6S/c1-25-12-6-5-11(14(7-12)26-2)8-22(10-15(23)27-3)9-13-16(20)18(21)29-17(13)19(24)28-4/h5-7H,8-10H2,1-4H3. The highest BCUT2D eigenvalue weighted by atomic mass is 79.9. The molecule has 0 saturated heterocycles. The largest absolute Gasteiger partial charge is 0.497 e. The van der Waals surface area contributed by atoms with Gasteiger partial charge in [-0.05, 0) is 37.9 Å². The fourth-order valence-corrected chi connectivity index (χ4v) is 4.95. The van der Waals surface area contributed by atoms with Gasteiger partial charge in [0.25, 0.3) is 0 Å². The molecule has 1 aromatic heterocycles. The number of esters is 2. The highest BCUT2D eigenvalue weighted by molar-refractivity contribution is 9.13. The summed E-state index contributed by atoms with van der Waals surface area (Å²) in [5.41, 5.74) is 1.59. The van der Waals surface area contributed by atoms with Gasteiger partial charge in [0.2, 0.25) is 0 Å². The zero-order chi connectivity index (χ0) is 21.6. The highest BCUT2D eigenvalue weighted by Gasteiger charge is 2.24. The lowest BCUT2D eigenvalue weighted by atomic mass is 10.1. The van der Waals surface area contributed by atoms with E-state index in [0.717, 1.165) is 19.4 Å². The molecule has 2 rings (SSSR count). The predicted molar refractivity (Wildman–Crippen MR) is 117 cm³/mol. The van der Waals surface area contributed by atoms with E-state index in [0.29, 0.717) is 29.5 Å². The van der Waals surface area contributed by atoms with Gasteiger partial charge in [0.05, 0.1) is 38.8 Å². The summed E-state index contributed by atoms with van der Waals surface area (Å²) in [6.45, 7) is 0.742. The molecular formula is C19H21Br2NO6S. The van der Waals surface area contributed by atoms with Gasteiger partial charge >= 0.3 is 11.9 Å². The van der Waals surface area contributed by atoms with Crippen LogP contribution in [0.25, 0.3) is 0 Å². The number of thiophene rings is 1. The molecule has 0 N–H and O–H groups in total. The lowest BCUT2D eigenvalue weighted by Gasteiger charge is -2.23. The van der Waals surface area contributed by atoms with Crippen molar-refractivity contribution in [3.8, 4) is 11.5 Å². The second kappa shape index (κ2) is 11.0. The van der Waals surface area contributed by atoms with Crippen LogP contribution in [0.5, 0.6) is 11.5 Å². The fourth-order valence-electron chi connectivity index (χ4n) is 2.67. The van der Waals surface area contributed by atoms with E-state index in [1.54, 1.807) is 20.3 Å². The number of carbonyl (C=O) groups is 2. The molecule has 0 spiro atoms. The molecule has 0 aliphatic rings. The number of hydrogen-bond donors (Lipinski definition) is 0. The minimum Gasteiger partial charge on any atom is -0.497 e. The second-order valence-corrected chi connectivity index (χ2v) is 9.02. The minimum absolute atomic E-state index is 0.0339. The molecule has 10 heteroatoms. The van der Waals surface area contributed by atoms with E-state index in [-0.39, 0.29) is 12.5 Å². The van der Waals surface area contributed by atoms with Gasteiger partial charge in [-0.1, -0.05) is 6.07 Å². The van der Waals surface area contributed by atoms with Gasteiger partial charge < -0.3 is 18.9 Å². The third-order valence-corrected chi connectivity index (χ3v) is 7.68. The Morgan fingerprint density at radius 1 is 1.03 bits per heavy atom. The van der Waals surface area contributed by atoms with E-state index in [2.05, 4.69) is 31.9 Å². The lowest BCUT2D eigenvalue weighted by Crippen LogP contribution is -2.30. The molecule has 7 nitrogen and oxygen atoms in total. The summed E-state index contributed by atoms with van der Waals surface area (Å²) in [6.07, 6.45) is 0. The molecule has 0 radical (unpaired) electrons. The Morgan fingerprint density at radius 2 is 1.76 bits per heavy atom. The molecule has 1 aromatic carbocycles. The van der Waals surface area contributed by atoms with Crippen LogP contribution in [-0.4, -0.2) is 51.8 Å². The van der Waals surface area contributed by atoms with Crippen molar-refractivity contribution in [2.75, 3.05) is 35.0 Å². The number of methoxy groups -OCH3 is 4. The van der Waals surface area contributed by atoms with E-state index in [4.69, 9.17) is 18.9 Å². The Hall–Kier alpha value is -1.62. The molecule has 158 valence electrons. The van der Waals surface area contributed by atoms with Gasteiger partial charge in [-0.15, -0.1) is 11.3 Å². The number of carbonyl (C=O) groups excluding carboxylic acids is 2. The van der Waals surface area contributed by atoms with Gasteiger partial charge in [0, 0.05) is 34.8 Å². The summed E-state index contributed by atoms with van der Waals surface area (Å²) < 4.78 is 22.0. The van der Waals surface area contributed by atoms with Crippen molar-refractivity contribution >= 4 is 55.1 Å². The Balaban J connectivity index is 2.38. The van der Waals surface area contributed by atoms with Crippen LogP contribution < -0.4 is 9.47 Å². The van der Waals surface area contributed by atoms with Crippen molar-refractivity contribution in [2.24, 2.45) is 0 Å². The zero-order valence-electron chi connectivity index (χ0n) is 16.4. The van der Waals surface area contributed by atoms with E-state index >= 15 is 0 Å². The van der Waals surface area contributed by atoms with Crippen LogP contribution in [0.3, 0.4) is 0 Å². The first-order chi connectivity index (χ1) is 13.8. The van der Waals surface area contributed by atoms with Crippen molar-refractivity contribution in [3.63, 3.8) is 0 Å². The Labute approximate surface area is 190 Å². The first-order valence-corrected chi connectivity index (χ1v) is 10.8. The SMILES string of the molecule is COC(=O)CN(Cc1ccc(OC)cc1OC)Cc1c(C(=O)OC)sc(Br)c1Br. The summed E-state index contributed by atoms with van der Waals surface area (Å²) in [5.74, 6) is 0.486. The van der Waals surface area contributed by atoms with E-state index in [1.807, 2.05) is 17.0 Å². The first kappa shape index (κ1) is 23.7. The quantitative estimate of drug-likeness (QED) is 0.432. The molecule has 0 atom stereocenters. The number of halogens is 2. The van der Waals surface area contributed by atoms with Crippen LogP contribution in [0.4, 0.5) is 0 Å². The number of benzene rings is 1. The van der Waals surface area contributed by atoms with E-state index in [1.165, 1.54) is 25.6 Å².